The van der Waals surface area contributed by atoms with Crippen molar-refractivity contribution in [2.45, 2.75) is 27.2 Å². The molecule has 0 saturated heterocycles. The first kappa shape index (κ1) is 12.4. The number of carbonyl (C=O) groups is 1. The fourth-order valence-corrected chi connectivity index (χ4v) is 1.82. The van der Waals surface area contributed by atoms with Gasteiger partial charge in [-0.1, -0.05) is 24.2 Å². The molecule has 2 rings (SSSR count). The number of nitrogens with one attached hydrogen (secondary N) is 1. The molecule has 0 fully saturated rings. The highest BCUT2D eigenvalue weighted by atomic mass is 16.5. The topological polar surface area (TPSA) is 55.1 Å². The average Bonchev–Trinajstić information content (AvgIpc) is 2.70. The highest BCUT2D eigenvalue weighted by molar-refractivity contribution is 6.05. The van der Waals surface area contributed by atoms with Crippen molar-refractivity contribution < 1.29 is 9.32 Å². The van der Waals surface area contributed by atoms with Crippen LogP contribution in [0, 0.1) is 13.8 Å². The van der Waals surface area contributed by atoms with Gasteiger partial charge in [-0.25, -0.2) is 0 Å². The third-order valence-electron chi connectivity index (χ3n) is 2.88. The molecule has 0 radical (unpaired) electrons. The summed E-state index contributed by atoms with van der Waals surface area (Å²) >= 11 is 0. The van der Waals surface area contributed by atoms with Crippen LogP contribution in [0.25, 0.3) is 0 Å². The van der Waals surface area contributed by atoms with Crippen LogP contribution < -0.4 is 5.32 Å². The number of carbonyl (C=O) groups excluding carboxylic acids is 1. The van der Waals surface area contributed by atoms with Gasteiger partial charge >= 0.3 is 0 Å². The van der Waals surface area contributed by atoms with Crippen LogP contribution in [0.5, 0.6) is 0 Å². The SMILES string of the molecule is CCc1ccc(NC(=O)c2c(C)noc2C)cc1. The predicted octanol–water partition coefficient (Wildman–Crippen LogP) is 3.11. The van der Waals surface area contributed by atoms with Gasteiger partial charge in [0.25, 0.3) is 5.91 Å². The van der Waals surface area contributed by atoms with Crippen LogP contribution in [0.3, 0.4) is 0 Å². The van der Waals surface area contributed by atoms with Crippen molar-refractivity contribution in [1.82, 2.24) is 5.16 Å². The molecule has 0 unspecified atom stereocenters. The number of hydrogen-bond acceptors (Lipinski definition) is 3. The lowest BCUT2D eigenvalue weighted by atomic mass is 10.1. The van der Waals surface area contributed by atoms with Crippen molar-refractivity contribution in [3.05, 3.63) is 46.8 Å². The van der Waals surface area contributed by atoms with Gasteiger partial charge in [-0.05, 0) is 38.0 Å². The third kappa shape index (κ3) is 2.42. The molecule has 2 aromatic rings. The summed E-state index contributed by atoms with van der Waals surface area (Å²) in [5, 5.41) is 6.61. The molecule has 1 aromatic carbocycles. The molecule has 0 bridgehead atoms. The molecule has 94 valence electrons. The highest BCUT2D eigenvalue weighted by Crippen LogP contribution is 2.16. The Morgan fingerprint density at radius 3 is 2.44 bits per heavy atom. The zero-order chi connectivity index (χ0) is 13.1. The predicted molar refractivity (Wildman–Crippen MR) is 69.8 cm³/mol. The minimum Gasteiger partial charge on any atom is -0.361 e. The summed E-state index contributed by atoms with van der Waals surface area (Å²) in [6, 6.07) is 7.80. The van der Waals surface area contributed by atoms with E-state index in [0.29, 0.717) is 17.0 Å². The smallest absolute Gasteiger partial charge is 0.261 e. The number of benzene rings is 1. The number of amides is 1. The maximum Gasteiger partial charge on any atom is 0.261 e. The van der Waals surface area contributed by atoms with Gasteiger partial charge in [-0.2, -0.15) is 0 Å². The Hall–Kier alpha value is -2.10. The van der Waals surface area contributed by atoms with Gasteiger partial charge in [0, 0.05) is 5.69 Å². The van der Waals surface area contributed by atoms with Gasteiger partial charge in [0.15, 0.2) is 0 Å². The Balaban J connectivity index is 2.16. The van der Waals surface area contributed by atoms with Gasteiger partial charge < -0.3 is 9.84 Å². The number of aromatic nitrogens is 1. The first-order valence-corrected chi connectivity index (χ1v) is 5.95. The normalized spacial score (nSPS) is 10.4. The summed E-state index contributed by atoms with van der Waals surface area (Å²) in [7, 11) is 0. The van der Waals surface area contributed by atoms with E-state index >= 15 is 0 Å². The molecule has 1 N–H and O–H groups in total. The van der Waals surface area contributed by atoms with E-state index in [-0.39, 0.29) is 5.91 Å². The fraction of sp³-hybridized carbons (Fsp3) is 0.286. The minimum atomic E-state index is -0.185. The van der Waals surface area contributed by atoms with Crippen LogP contribution in [0.2, 0.25) is 0 Å². The van der Waals surface area contributed by atoms with Crippen LogP contribution in [0.4, 0.5) is 5.69 Å². The molecule has 18 heavy (non-hydrogen) atoms. The first-order chi connectivity index (χ1) is 8.61. The molecule has 0 atom stereocenters. The van der Waals surface area contributed by atoms with Gasteiger partial charge in [0.1, 0.15) is 11.3 Å². The van der Waals surface area contributed by atoms with E-state index in [9.17, 15) is 4.79 Å². The van der Waals surface area contributed by atoms with Crippen LogP contribution in [-0.2, 0) is 6.42 Å². The molecule has 0 aliphatic rings. The van der Waals surface area contributed by atoms with E-state index in [2.05, 4.69) is 17.4 Å². The maximum absolute atomic E-state index is 12.1. The monoisotopic (exact) mass is 244 g/mol. The summed E-state index contributed by atoms with van der Waals surface area (Å²) in [4.78, 5) is 12.1. The zero-order valence-corrected chi connectivity index (χ0v) is 10.8. The lowest BCUT2D eigenvalue weighted by Crippen LogP contribution is -2.13. The van der Waals surface area contributed by atoms with Crippen LogP contribution >= 0.6 is 0 Å². The maximum atomic E-state index is 12.1. The van der Waals surface area contributed by atoms with Crippen molar-refractivity contribution in [2.24, 2.45) is 0 Å². The van der Waals surface area contributed by atoms with Gasteiger partial charge in [0.2, 0.25) is 0 Å². The summed E-state index contributed by atoms with van der Waals surface area (Å²) in [5.41, 5.74) is 3.13. The Morgan fingerprint density at radius 1 is 1.28 bits per heavy atom. The number of aryl methyl sites for hydroxylation is 3. The van der Waals surface area contributed by atoms with E-state index in [4.69, 9.17) is 4.52 Å². The Kier molecular flexibility index (Phi) is 3.46. The lowest BCUT2D eigenvalue weighted by Gasteiger charge is -2.05. The van der Waals surface area contributed by atoms with Crippen LogP contribution in [-0.4, -0.2) is 11.1 Å². The number of anilines is 1. The van der Waals surface area contributed by atoms with Gasteiger partial charge in [-0.15, -0.1) is 0 Å². The molecule has 0 aliphatic heterocycles. The Labute approximate surface area is 106 Å². The van der Waals surface area contributed by atoms with Crippen molar-refractivity contribution in [3.63, 3.8) is 0 Å². The molecule has 1 aromatic heterocycles. The number of rotatable bonds is 3. The van der Waals surface area contributed by atoms with E-state index in [1.165, 1.54) is 5.56 Å². The molecule has 4 nitrogen and oxygen atoms in total. The molecular weight excluding hydrogens is 228 g/mol. The van der Waals surface area contributed by atoms with Crippen molar-refractivity contribution in [1.29, 1.82) is 0 Å². The van der Waals surface area contributed by atoms with E-state index in [1.807, 2.05) is 24.3 Å². The lowest BCUT2D eigenvalue weighted by molar-refractivity contribution is 0.102. The highest BCUT2D eigenvalue weighted by Gasteiger charge is 2.17. The van der Waals surface area contributed by atoms with Gasteiger partial charge in [-0.3, -0.25) is 4.79 Å². The summed E-state index contributed by atoms with van der Waals surface area (Å²) in [5.74, 6) is 0.352. The second-order valence-electron chi connectivity index (χ2n) is 4.20. The fourth-order valence-electron chi connectivity index (χ4n) is 1.82. The summed E-state index contributed by atoms with van der Waals surface area (Å²) in [6.07, 6.45) is 0.984. The van der Waals surface area contributed by atoms with Crippen molar-refractivity contribution >= 4 is 11.6 Å². The summed E-state index contributed by atoms with van der Waals surface area (Å²) < 4.78 is 4.98. The van der Waals surface area contributed by atoms with E-state index in [0.717, 1.165) is 12.1 Å². The standard InChI is InChI=1S/C14H16N2O2/c1-4-11-5-7-12(8-6-11)15-14(17)13-9(2)16-18-10(13)3/h5-8H,4H2,1-3H3,(H,15,17). The van der Waals surface area contributed by atoms with Crippen LogP contribution in [0.15, 0.2) is 28.8 Å². The number of nitrogens with zero attached hydrogens (tertiary/aromatic N) is 1. The largest absolute Gasteiger partial charge is 0.361 e. The zero-order valence-electron chi connectivity index (χ0n) is 10.8. The summed E-state index contributed by atoms with van der Waals surface area (Å²) in [6.45, 7) is 5.58. The van der Waals surface area contributed by atoms with E-state index in [1.54, 1.807) is 13.8 Å². The quantitative estimate of drug-likeness (QED) is 0.902. The van der Waals surface area contributed by atoms with Crippen LogP contribution in [0.1, 0.15) is 34.3 Å². The molecule has 4 heteroatoms. The van der Waals surface area contributed by atoms with Crippen molar-refractivity contribution in [2.75, 3.05) is 5.32 Å². The minimum absolute atomic E-state index is 0.185. The molecular formula is C14H16N2O2. The molecule has 1 heterocycles. The second-order valence-corrected chi connectivity index (χ2v) is 4.20. The third-order valence-corrected chi connectivity index (χ3v) is 2.88. The van der Waals surface area contributed by atoms with Crippen molar-refractivity contribution in [3.8, 4) is 0 Å². The van der Waals surface area contributed by atoms with Gasteiger partial charge in [0.05, 0.1) is 5.69 Å². The Morgan fingerprint density at radius 2 is 1.94 bits per heavy atom. The Bertz CT molecular complexity index is 536. The average molecular weight is 244 g/mol. The van der Waals surface area contributed by atoms with E-state index < -0.39 is 0 Å². The first-order valence-electron chi connectivity index (χ1n) is 5.95. The second kappa shape index (κ2) is 5.04. The molecule has 0 spiro atoms. The molecule has 0 aliphatic carbocycles. The number of hydrogen-bond donors (Lipinski definition) is 1. The molecule has 0 saturated carbocycles. The molecule has 1 amide bonds.